The highest BCUT2D eigenvalue weighted by Crippen LogP contribution is 2.13. The van der Waals surface area contributed by atoms with Crippen molar-refractivity contribution in [1.82, 2.24) is 4.98 Å². The van der Waals surface area contributed by atoms with Gasteiger partial charge in [0, 0.05) is 22.3 Å². The van der Waals surface area contributed by atoms with Gasteiger partial charge in [0.15, 0.2) is 5.43 Å². The summed E-state index contributed by atoms with van der Waals surface area (Å²) < 4.78 is 13.0. The molecular weight excluding hydrogens is 205 g/mol. The maximum atomic E-state index is 13.0. The number of hydrogen-bond acceptors (Lipinski definition) is 1. The molecule has 0 aliphatic rings. The first kappa shape index (κ1) is 10.4. The van der Waals surface area contributed by atoms with E-state index in [2.05, 4.69) is 18.1 Å². The molecule has 0 aliphatic carbocycles. The number of benzene rings is 1. The van der Waals surface area contributed by atoms with Crippen LogP contribution in [0.2, 0.25) is 0 Å². The first-order valence-corrected chi connectivity index (χ1v) is 4.75. The van der Waals surface area contributed by atoms with E-state index in [-0.39, 0.29) is 11.2 Å². The number of aromatic amines is 1. The number of halogens is 1. The standard InChI is InChI=1S/C13H10FNO/c1-8-9(2)15-7-12(13(8)16)10-4-3-5-11(14)6-10/h3-7,15H,1-2H2. The van der Waals surface area contributed by atoms with E-state index in [4.69, 9.17) is 0 Å². The summed E-state index contributed by atoms with van der Waals surface area (Å²) in [5, 5.41) is 0.784. The molecule has 1 N–H and O–H groups in total. The second-order valence-corrected chi connectivity index (χ2v) is 3.50. The minimum absolute atomic E-state index is 0.227. The molecule has 0 spiro atoms. The van der Waals surface area contributed by atoms with Crippen LogP contribution < -0.4 is 16.0 Å². The fourth-order valence-corrected chi connectivity index (χ4v) is 1.48. The van der Waals surface area contributed by atoms with Crippen LogP contribution in [0.3, 0.4) is 0 Å². The molecule has 0 saturated heterocycles. The van der Waals surface area contributed by atoms with E-state index in [0.717, 1.165) is 0 Å². The highest BCUT2D eigenvalue weighted by Gasteiger charge is 2.04. The van der Waals surface area contributed by atoms with Gasteiger partial charge in [-0.15, -0.1) is 0 Å². The van der Waals surface area contributed by atoms with E-state index >= 15 is 0 Å². The fourth-order valence-electron chi connectivity index (χ4n) is 1.48. The molecule has 2 aromatic rings. The molecule has 0 atom stereocenters. The molecule has 80 valence electrons. The van der Waals surface area contributed by atoms with Gasteiger partial charge in [-0.05, 0) is 17.7 Å². The highest BCUT2D eigenvalue weighted by molar-refractivity contribution is 5.62. The summed E-state index contributed by atoms with van der Waals surface area (Å²) in [5.74, 6) is -0.374. The van der Waals surface area contributed by atoms with Gasteiger partial charge in [0.25, 0.3) is 0 Å². The Labute approximate surface area is 91.4 Å². The molecular formula is C13H10FNO. The Morgan fingerprint density at radius 3 is 2.69 bits per heavy atom. The average molecular weight is 215 g/mol. The van der Waals surface area contributed by atoms with Gasteiger partial charge in [-0.1, -0.05) is 25.3 Å². The quantitative estimate of drug-likeness (QED) is 0.756. The van der Waals surface area contributed by atoms with Crippen LogP contribution in [-0.2, 0) is 0 Å². The Bertz CT molecular complexity index is 688. The number of H-pyrrole nitrogens is 1. The van der Waals surface area contributed by atoms with Crippen molar-refractivity contribution in [2.75, 3.05) is 0 Å². The van der Waals surface area contributed by atoms with Crippen molar-refractivity contribution in [2.24, 2.45) is 0 Å². The Kier molecular flexibility index (Phi) is 2.44. The van der Waals surface area contributed by atoms with Crippen LogP contribution in [0.4, 0.5) is 4.39 Å². The van der Waals surface area contributed by atoms with Crippen molar-refractivity contribution in [3.63, 3.8) is 0 Å². The zero-order valence-corrected chi connectivity index (χ0v) is 8.59. The molecule has 3 heteroatoms. The predicted octanol–water partition coefficient (Wildman–Crippen LogP) is 1.00. The topological polar surface area (TPSA) is 32.9 Å². The van der Waals surface area contributed by atoms with E-state index in [0.29, 0.717) is 21.7 Å². The monoisotopic (exact) mass is 215 g/mol. The van der Waals surface area contributed by atoms with Gasteiger partial charge in [0.2, 0.25) is 0 Å². The molecule has 0 amide bonds. The van der Waals surface area contributed by atoms with Gasteiger partial charge in [-0.25, -0.2) is 4.39 Å². The molecule has 0 fully saturated rings. The molecule has 1 heterocycles. The van der Waals surface area contributed by atoms with Crippen molar-refractivity contribution in [3.05, 3.63) is 57.1 Å². The van der Waals surface area contributed by atoms with E-state index in [9.17, 15) is 9.18 Å². The third-order valence-electron chi connectivity index (χ3n) is 2.41. The van der Waals surface area contributed by atoms with Crippen molar-refractivity contribution >= 4 is 13.2 Å². The predicted molar refractivity (Wildman–Crippen MR) is 62.8 cm³/mol. The van der Waals surface area contributed by atoms with E-state index < -0.39 is 0 Å². The van der Waals surface area contributed by atoms with Gasteiger partial charge in [-0.3, -0.25) is 4.79 Å². The number of pyridine rings is 1. The Morgan fingerprint density at radius 2 is 2.00 bits per heavy atom. The summed E-state index contributed by atoms with van der Waals surface area (Å²) in [4.78, 5) is 14.7. The average Bonchev–Trinajstić information content (AvgIpc) is 2.26. The van der Waals surface area contributed by atoms with Crippen LogP contribution >= 0.6 is 0 Å². The van der Waals surface area contributed by atoms with E-state index in [1.165, 1.54) is 18.3 Å². The van der Waals surface area contributed by atoms with Gasteiger partial charge >= 0.3 is 0 Å². The Balaban J connectivity index is 2.76. The molecule has 0 bridgehead atoms. The summed E-state index contributed by atoms with van der Waals surface area (Å²) >= 11 is 0. The minimum Gasteiger partial charge on any atom is -0.361 e. The minimum atomic E-state index is -0.374. The van der Waals surface area contributed by atoms with Crippen molar-refractivity contribution < 1.29 is 4.39 Å². The lowest BCUT2D eigenvalue weighted by molar-refractivity contribution is 0.628. The number of aromatic nitrogens is 1. The van der Waals surface area contributed by atoms with E-state index in [1.54, 1.807) is 12.1 Å². The van der Waals surface area contributed by atoms with Crippen LogP contribution in [0.25, 0.3) is 24.3 Å². The smallest absolute Gasteiger partial charge is 0.196 e. The van der Waals surface area contributed by atoms with Crippen LogP contribution in [0.1, 0.15) is 0 Å². The van der Waals surface area contributed by atoms with Gasteiger partial charge in [0.1, 0.15) is 5.82 Å². The summed E-state index contributed by atoms with van der Waals surface area (Å²) in [7, 11) is 0. The van der Waals surface area contributed by atoms with Crippen molar-refractivity contribution in [3.8, 4) is 11.1 Å². The Hall–Kier alpha value is -2.16. The summed E-state index contributed by atoms with van der Waals surface area (Å²) in [6.45, 7) is 7.27. The summed E-state index contributed by atoms with van der Waals surface area (Å²) in [5.41, 5.74) is 0.706. The summed E-state index contributed by atoms with van der Waals surface area (Å²) in [6.07, 6.45) is 1.52. The number of hydrogen-bond donors (Lipinski definition) is 1. The Morgan fingerprint density at radius 1 is 1.25 bits per heavy atom. The highest BCUT2D eigenvalue weighted by atomic mass is 19.1. The van der Waals surface area contributed by atoms with E-state index in [1.807, 2.05) is 0 Å². The number of nitrogens with one attached hydrogen (secondary N) is 1. The molecule has 0 aliphatic heterocycles. The maximum Gasteiger partial charge on any atom is 0.196 e. The first-order valence-electron chi connectivity index (χ1n) is 4.75. The zero-order valence-electron chi connectivity index (χ0n) is 8.59. The largest absolute Gasteiger partial charge is 0.361 e. The molecule has 2 rings (SSSR count). The molecule has 16 heavy (non-hydrogen) atoms. The lowest BCUT2D eigenvalue weighted by Crippen LogP contribution is -2.39. The second kappa shape index (κ2) is 3.77. The molecule has 2 nitrogen and oxygen atoms in total. The lowest BCUT2D eigenvalue weighted by atomic mass is 10.1. The molecule has 0 unspecified atom stereocenters. The van der Waals surface area contributed by atoms with Gasteiger partial charge in [-0.2, -0.15) is 0 Å². The SMILES string of the molecule is C=c1[nH]cc(-c2cccc(F)c2)c(=O)c1=C. The third kappa shape index (κ3) is 1.67. The van der Waals surface area contributed by atoms with Crippen LogP contribution in [0, 0.1) is 5.82 Å². The lowest BCUT2D eigenvalue weighted by Gasteiger charge is -2.00. The molecule has 0 saturated carbocycles. The van der Waals surface area contributed by atoms with Crippen LogP contribution in [0.5, 0.6) is 0 Å². The van der Waals surface area contributed by atoms with Gasteiger partial charge in [0.05, 0.1) is 0 Å². The normalized spacial score (nSPS) is 10.3. The first-order chi connectivity index (χ1) is 7.59. The van der Waals surface area contributed by atoms with Crippen LogP contribution in [0.15, 0.2) is 35.3 Å². The molecule has 1 aromatic carbocycles. The zero-order chi connectivity index (χ0) is 11.7. The number of rotatable bonds is 1. The fraction of sp³-hybridized carbons (Fsp3) is 0. The van der Waals surface area contributed by atoms with Crippen molar-refractivity contribution in [1.29, 1.82) is 0 Å². The second-order valence-electron chi connectivity index (χ2n) is 3.50. The van der Waals surface area contributed by atoms with Crippen LogP contribution in [-0.4, -0.2) is 4.98 Å². The third-order valence-corrected chi connectivity index (χ3v) is 2.41. The summed E-state index contributed by atoms with van der Waals surface area (Å²) in [6, 6.07) is 5.88. The molecule has 1 aromatic heterocycles. The maximum absolute atomic E-state index is 13.0. The van der Waals surface area contributed by atoms with Gasteiger partial charge < -0.3 is 4.98 Å². The molecule has 0 radical (unpaired) electrons. The van der Waals surface area contributed by atoms with Crippen molar-refractivity contribution in [2.45, 2.75) is 0 Å².